The van der Waals surface area contributed by atoms with E-state index >= 15 is 0 Å². The molecule has 21 heavy (non-hydrogen) atoms. The minimum Gasteiger partial charge on any atom is -0.445 e. The van der Waals surface area contributed by atoms with E-state index in [-0.39, 0.29) is 6.09 Å². The van der Waals surface area contributed by atoms with Crippen LogP contribution in [0.2, 0.25) is 0 Å². The minimum absolute atomic E-state index is 0.225. The standard InChI is InChI=1S/C17H22N2O2/c1-3-11-18(2)16-9-12-19(13-10-16)17(20)21-14-15-7-5-4-6-8-15/h1,4-8,16H,9-14H2,2H3. The van der Waals surface area contributed by atoms with Gasteiger partial charge in [0, 0.05) is 19.1 Å². The molecule has 0 bridgehead atoms. The fourth-order valence-electron chi connectivity index (χ4n) is 2.57. The van der Waals surface area contributed by atoms with Gasteiger partial charge in [0.25, 0.3) is 0 Å². The average molecular weight is 286 g/mol. The monoisotopic (exact) mass is 286 g/mol. The van der Waals surface area contributed by atoms with Gasteiger partial charge in [-0.15, -0.1) is 6.42 Å². The SMILES string of the molecule is C#CCN(C)C1CCN(C(=O)OCc2ccccc2)CC1. The molecule has 1 heterocycles. The second-order valence-electron chi connectivity index (χ2n) is 5.38. The molecule has 0 aliphatic carbocycles. The number of benzene rings is 1. The summed E-state index contributed by atoms with van der Waals surface area (Å²) < 4.78 is 5.35. The number of piperidine rings is 1. The largest absolute Gasteiger partial charge is 0.445 e. The van der Waals surface area contributed by atoms with Crippen molar-refractivity contribution in [1.29, 1.82) is 0 Å². The van der Waals surface area contributed by atoms with Crippen LogP contribution in [0, 0.1) is 12.3 Å². The summed E-state index contributed by atoms with van der Waals surface area (Å²) in [6, 6.07) is 10.2. The van der Waals surface area contributed by atoms with Gasteiger partial charge in [-0.25, -0.2) is 4.79 Å². The molecular weight excluding hydrogens is 264 g/mol. The summed E-state index contributed by atoms with van der Waals surface area (Å²) in [4.78, 5) is 16.0. The normalized spacial score (nSPS) is 15.8. The second-order valence-corrected chi connectivity index (χ2v) is 5.38. The molecule has 4 nitrogen and oxygen atoms in total. The van der Waals surface area contributed by atoms with Crippen LogP contribution in [0.5, 0.6) is 0 Å². The Labute approximate surface area is 126 Å². The van der Waals surface area contributed by atoms with Gasteiger partial charge in [0.05, 0.1) is 6.54 Å². The zero-order valence-electron chi connectivity index (χ0n) is 12.5. The topological polar surface area (TPSA) is 32.8 Å². The van der Waals surface area contributed by atoms with E-state index in [0.717, 1.165) is 31.5 Å². The Bertz CT molecular complexity index is 487. The molecule has 1 aliphatic rings. The zero-order chi connectivity index (χ0) is 15.1. The van der Waals surface area contributed by atoms with Gasteiger partial charge in [-0.05, 0) is 25.5 Å². The molecule has 0 saturated carbocycles. The first-order chi connectivity index (χ1) is 10.2. The van der Waals surface area contributed by atoms with Crippen molar-refractivity contribution in [2.24, 2.45) is 0 Å². The summed E-state index contributed by atoms with van der Waals surface area (Å²) >= 11 is 0. The van der Waals surface area contributed by atoms with E-state index in [1.807, 2.05) is 37.4 Å². The number of carbonyl (C=O) groups is 1. The number of terminal acetylenes is 1. The molecule has 1 saturated heterocycles. The Morgan fingerprint density at radius 1 is 1.38 bits per heavy atom. The van der Waals surface area contributed by atoms with Gasteiger partial charge in [-0.2, -0.15) is 0 Å². The highest BCUT2D eigenvalue weighted by molar-refractivity contribution is 5.67. The first-order valence-corrected chi connectivity index (χ1v) is 7.30. The molecule has 112 valence electrons. The molecule has 0 spiro atoms. The lowest BCUT2D eigenvalue weighted by molar-refractivity contribution is 0.0750. The smallest absolute Gasteiger partial charge is 0.410 e. The molecule has 0 aromatic heterocycles. The highest BCUT2D eigenvalue weighted by atomic mass is 16.6. The number of carbonyl (C=O) groups excluding carboxylic acids is 1. The van der Waals surface area contributed by atoms with E-state index in [2.05, 4.69) is 10.8 Å². The Kier molecular flexibility index (Phi) is 5.65. The maximum absolute atomic E-state index is 12.0. The van der Waals surface area contributed by atoms with E-state index < -0.39 is 0 Å². The second kappa shape index (κ2) is 7.70. The number of likely N-dealkylation sites (tertiary alicyclic amines) is 1. The number of nitrogens with zero attached hydrogens (tertiary/aromatic N) is 2. The third kappa shape index (κ3) is 4.51. The third-order valence-corrected chi connectivity index (χ3v) is 3.89. The summed E-state index contributed by atoms with van der Waals surface area (Å²) in [6.07, 6.45) is 6.99. The van der Waals surface area contributed by atoms with Gasteiger partial charge in [-0.3, -0.25) is 4.90 Å². The molecule has 0 N–H and O–H groups in total. The fraction of sp³-hybridized carbons (Fsp3) is 0.471. The highest BCUT2D eigenvalue weighted by Gasteiger charge is 2.25. The lowest BCUT2D eigenvalue weighted by atomic mass is 10.0. The molecule has 1 fully saturated rings. The first kappa shape index (κ1) is 15.4. The van der Waals surface area contributed by atoms with Crippen LogP contribution in [-0.4, -0.2) is 48.6 Å². The number of hydrogen-bond donors (Lipinski definition) is 0. The number of hydrogen-bond acceptors (Lipinski definition) is 3. The van der Waals surface area contributed by atoms with Crippen LogP contribution in [0.1, 0.15) is 18.4 Å². The minimum atomic E-state index is -0.225. The molecule has 1 aromatic carbocycles. The van der Waals surface area contributed by atoms with Gasteiger partial charge in [0.15, 0.2) is 0 Å². The van der Waals surface area contributed by atoms with Gasteiger partial charge in [0.1, 0.15) is 6.61 Å². The van der Waals surface area contributed by atoms with Gasteiger partial charge >= 0.3 is 6.09 Å². The van der Waals surface area contributed by atoms with E-state index in [4.69, 9.17) is 11.2 Å². The molecule has 1 amide bonds. The van der Waals surface area contributed by atoms with Crippen LogP contribution in [-0.2, 0) is 11.3 Å². The van der Waals surface area contributed by atoms with Crippen molar-refractivity contribution in [3.05, 3.63) is 35.9 Å². The van der Waals surface area contributed by atoms with E-state index in [1.54, 1.807) is 4.90 Å². The van der Waals surface area contributed by atoms with Crippen molar-refractivity contribution in [2.75, 3.05) is 26.7 Å². The van der Waals surface area contributed by atoms with Crippen LogP contribution >= 0.6 is 0 Å². The molecular formula is C17H22N2O2. The summed E-state index contributed by atoms with van der Waals surface area (Å²) in [7, 11) is 2.04. The van der Waals surface area contributed by atoms with Crippen molar-refractivity contribution in [3.63, 3.8) is 0 Å². The average Bonchev–Trinajstić information content (AvgIpc) is 2.54. The van der Waals surface area contributed by atoms with Gasteiger partial charge in [-0.1, -0.05) is 36.3 Å². The number of rotatable bonds is 4. The van der Waals surface area contributed by atoms with Crippen molar-refractivity contribution in [1.82, 2.24) is 9.80 Å². The molecule has 2 rings (SSSR count). The van der Waals surface area contributed by atoms with Gasteiger partial charge in [0.2, 0.25) is 0 Å². The van der Waals surface area contributed by atoms with E-state index in [1.165, 1.54) is 0 Å². The Morgan fingerprint density at radius 3 is 2.67 bits per heavy atom. The molecule has 4 heteroatoms. The fourth-order valence-corrected chi connectivity index (χ4v) is 2.57. The number of ether oxygens (including phenoxy) is 1. The van der Waals surface area contributed by atoms with Crippen LogP contribution < -0.4 is 0 Å². The van der Waals surface area contributed by atoms with Crippen molar-refractivity contribution in [2.45, 2.75) is 25.5 Å². The Hall–Kier alpha value is -1.99. The quantitative estimate of drug-likeness (QED) is 0.797. The van der Waals surface area contributed by atoms with E-state index in [9.17, 15) is 4.79 Å². The van der Waals surface area contributed by atoms with Crippen molar-refractivity contribution >= 4 is 6.09 Å². The van der Waals surface area contributed by atoms with Crippen LogP contribution in [0.25, 0.3) is 0 Å². The van der Waals surface area contributed by atoms with Gasteiger partial charge < -0.3 is 9.64 Å². The summed E-state index contributed by atoms with van der Waals surface area (Å²) in [6.45, 7) is 2.44. The summed E-state index contributed by atoms with van der Waals surface area (Å²) in [5.41, 5.74) is 1.01. The van der Waals surface area contributed by atoms with Crippen LogP contribution in [0.4, 0.5) is 4.79 Å². The maximum atomic E-state index is 12.0. The zero-order valence-corrected chi connectivity index (χ0v) is 12.5. The maximum Gasteiger partial charge on any atom is 0.410 e. The Balaban J connectivity index is 1.74. The lowest BCUT2D eigenvalue weighted by Crippen LogP contribution is -2.45. The molecule has 1 aromatic rings. The Morgan fingerprint density at radius 2 is 2.05 bits per heavy atom. The molecule has 0 radical (unpaired) electrons. The predicted molar refractivity (Wildman–Crippen MR) is 82.7 cm³/mol. The predicted octanol–water partition coefficient (Wildman–Crippen LogP) is 2.35. The van der Waals surface area contributed by atoms with E-state index in [0.29, 0.717) is 19.2 Å². The van der Waals surface area contributed by atoms with Crippen LogP contribution in [0.15, 0.2) is 30.3 Å². The molecule has 0 atom stereocenters. The van der Waals surface area contributed by atoms with Crippen LogP contribution in [0.3, 0.4) is 0 Å². The van der Waals surface area contributed by atoms with Crippen molar-refractivity contribution in [3.8, 4) is 12.3 Å². The third-order valence-electron chi connectivity index (χ3n) is 3.89. The van der Waals surface area contributed by atoms with Crippen molar-refractivity contribution < 1.29 is 9.53 Å². The summed E-state index contributed by atoms with van der Waals surface area (Å²) in [5, 5.41) is 0. The highest BCUT2D eigenvalue weighted by Crippen LogP contribution is 2.16. The summed E-state index contributed by atoms with van der Waals surface area (Å²) in [5.74, 6) is 2.66. The lowest BCUT2D eigenvalue weighted by Gasteiger charge is -2.35. The first-order valence-electron chi connectivity index (χ1n) is 7.30. The molecule has 1 aliphatic heterocycles. The molecule has 0 unspecified atom stereocenters. The number of amides is 1.